The number of hydrogen-bond donors (Lipinski definition) is 1. The highest BCUT2D eigenvalue weighted by Gasteiger charge is 2.31. The lowest BCUT2D eigenvalue weighted by molar-refractivity contribution is -0.125. The van der Waals surface area contributed by atoms with Crippen molar-refractivity contribution >= 4 is 17.5 Å². The second-order valence-electron chi connectivity index (χ2n) is 7.18. The average molecular weight is 364 g/mol. The van der Waals surface area contributed by atoms with Gasteiger partial charge in [0.25, 0.3) is 5.91 Å². The van der Waals surface area contributed by atoms with Gasteiger partial charge in [-0.1, -0.05) is 36.4 Å². The van der Waals surface area contributed by atoms with Crippen molar-refractivity contribution in [2.24, 2.45) is 0 Å². The summed E-state index contributed by atoms with van der Waals surface area (Å²) in [6, 6.07) is 15.8. The van der Waals surface area contributed by atoms with E-state index >= 15 is 0 Å². The molecule has 2 aromatic rings. The molecular weight excluding hydrogens is 340 g/mol. The Balaban J connectivity index is 1.42. The minimum Gasteiger partial charge on any atom is -0.479 e. The van der Waals surface area contributed by atoms with Gasteiger partial charge in [-0.15, -0.1) is 0 Å². The fourth-order valence-electron chi connectivity index (χ4n) is 3.97. The number of amides is 2. The van der Waals surface area contributed by atoms with E-state index in [9.17, 15) is 9.59 Å². The van der Waals surface area contributed by atoms with Gasteiger partial charge in [0.1, 0.15) is 5.75 Å². The maximum atomic E-state index is 12.6. The molecule has 2 atom stereocenters. The average Bonchev–Trinajstić information content (AvgIpc) is 2.69. The summed E-state index contributed by atoms with van der Waals surface area (Å²) < 4.78 is 5.65. The number of fused-ring (bicyclic) bond motifs is 2. The van der Waals surface area contributed by atoms with Gasteiger partial charge in [0, 0.05) is 13.0 Å². The Morgan fingerprint density at radius 1 is 1.19 bits per heavy atom. The molecule has 4 rings (SSSR count). The molecule has 27 heavy (non-hydrogen) atoms. The molecule has 0 saturated heterocycles. The van der Waals surface area contributed by atoms with Crippen LogP contribution < -0.4 is 15.0 Å². The predicted octanol–water partition coefficient (Wildman–Crippen LogP) is 3.38. The monoisotopic (exact) mass is 364 g/mol. The van der Waals surface area contributed by atoms with Crippen LogP contribution in [0.25, 0.3) is 0 Å². The number of nitrogens with one attached hydrogen (secondary N) is 1. The van der Waals surface area contributed by atoms with Crippen LogP contribution in [0, 0.1) is 0 Å². The van der Waals surface area contributed by atoms with Crippen LogP contribution in [0.2, 0.25) is 0 Å². The van der Waals surface area contributed by atoms with Gasteiger partial charge in [-0.3, -0.25) is 9.59 Å². The third-order valence-corrected chi connectivity index (χ3v) is 5.34. The molecule has 5 nitrogen and oxygen atoms in total. The van der Waals surface area contributed by atoms with Gasteiger partial charge in [-0.2, -0.15) is 0 Å². The molecule has 0 spiro atoms. The minimum absolute atomic E-state index is 0.0267. The van der Waals surface area contributed by atoms with E-state index in [0.29, 0.717) is 12.3 Å². The summed E-state index contributed by atoms with van der Waals surface area (Å²) in [6.45, 7) is 2.09. The molecule has 0 aromatic heterocycles. The van der Waals surface area contributed by atoms with Gasteiger partial charge in [-0.05, 0) is 49.4 Å². The van der Waals surface area contributed by atoms with Crippen LogP contribution in [0.15, 0.2) is 48.5 Å². The van der Waals surface area contributed by atoms with Crippen LogP contribution in [0.1, 0.15) is 43.4 Å². The Hall–Kier alpha value is -2.82. The molecule has 0 saturated carbocycles. The topological polar surface area (TPSA) is 58.6 Å². The van der Waals surface area contributed by atoms with Crippen LogP contribution in [-0.4, -0.2) is 24.5 Å². The number of para-hydroxylation sites is 2. The first-order chi connectivity index (χ1) is 13.1. The van der Waals surface area contributed by atoms with E-state index in [1.165, 1.54) is 11.1 Å². The van der Waals surface area contributed by atoms with Gasteiger partial charge in [0.05, 0.1) is 11.7 Å². The summed E-state index contributed by atoms with van der Waals surface area (Å²) in [5.74, 6) is 0.553. The van der Waals surface area contributed by atoms with E-state index in [0.717, 1.165) is 24.9 Å². The standard InChI is InChI=1S/C22H24N2O3/c1-15-22(26)24(19-11-4-5-12-20(19)27-15)14-13-21(25)23-18-10-6-8-16-7-2-3-9-17(16)18/h2-5,7,9,11-12,15,18H,6,8,10,13-14H2,1H3,(H,23,25). The first-order valence-electron chi connectivity index (χ1n) is 9.57. The van der Waals surface area contributed by atoms with Gasteiger partial charge < -0.3 is 15.0 Å². The van der Waals surface area contributed by atoms with Gasteiger partial charge in [0.15, 0.2) is 6.10 Å². The molecule has 2 amide bonds. The Kier molecular flexibility index (Phi) is 4.84. The number of benzene rings is 2. The molecule has 5 heteroatoms. The summed E-state index contributed by atoms with van der Waals surface area (Å²) in [6.07, 6.45) is 2.84. The molecule has 0 bridgehead atoms. The third kappa shape index (κ3) is 3.54. The predicted molar refractivity (Wildman–Crippen MR) is 104 cm³/mol. The quantitative estimate of drug-likeness (QED) is 0.905. The summed E-state index contributed by atoms with van der Waals surface area (Å²) in [7, 11) is 0. The van der Waals surface area contributed by atoms with E-state index in [1.54, 1.807) is 11.8 Å². The zero-order valence-corrected chi connectivity index (χ0v) is 15.5. The molecule has 2 unspecified atom stereocenters. The maximum Gasteiger partial charge on any atom is 0.267 e. The highest BCUT2D eigenvalue weighted by Crippen LogP contribution is 2.34. The van der Waals surface area contributed by atoms with E-state index in [-0.39, 0.29) is 24.3 Å². The summed E-state index contributed by atoms with van der Waals surface area (Å²) in [4.78, 5) is 26.8. The lowest BCUT2D eigenvalue weighted by Gasteiger charge is -2.33. The largest absolute Gasteiger partial charge is 0.479 e. The molecule has 0 radical (unpaired) electrons. The number of hydrogen-bond acceptors (Lipinski definition) is 3. The summed E-state index contributed by atoms with van der Waals surface area (Å²) in [5, 5.41) is 3.16. The Morgan fingerprint density at radius 2 is 1.96 bits per heavy atom. The molecule has 2 aromatic carbocycles. The number of rotatable bonds is 4. The van der Waals surface area contributed by atoms with Crippen LogP contribution in [-0.2, 0) is 16.0 Å². The zero-order chi connectivity index (χ0) is 18.8. The third-order valence-electron chi connectivity index (χ3n) is 5.34. The van der Waals surface area contributed by atoms with Crippen molar-refractivity contribution in [3.05, 3.63) is 59.7 Å². The van der Waals surface area contributed by atoms with E-state index in [1.807, 2.05) is 36.4 Å². The fraction of sp³-hybridized carbons (Fsp3) is 0.364. The van der Waals surface area contributed by atoms with Crippen molar-refractivity contribution in [1.82, 2.24) is 5.32 Å². The lowest BCUT2D eigenvalue weighted by Crippen LogP contribution is -2.46. The van der Waals surface area contributed by atoms with Gasteiger partial charge >= 0.3 is 0 Å². The Labute approximate surface area is 159 Å². The SMILES string of the molecule is CC1Oc2ccccc2N(CCC(=O)NC2CCCc3ccccc32)C1=O. The summed E-state index contributed by atoms with van der Waals surface area (Å²) >= 11 is 0. The fourth-order valence-corrected chi connectivity index (χ4v) is 3.97. The van der Waals surface area contributed by atoms with E-state index in [4.69, 9.17) is 4.74 Å². The smallest absolute Gasteiger partial charge is 0.267 e. The first-order valence-corrected chi connectivity index (χ1v) is 9.57. The molecule has 1 heterocycles. The van der Waals surface area contributed by atoms with E-state index in [2.05, 4.69) is 17.4 Å². The minimum atomic E-state index is -0.534. The number of ether oxygens (including phenoxy) is 1. The number of carbonyl (C=O) groups is 2. The molecule has 1 aliphatic heterocycles. The van der Waals surface area contributed by atoms with E-state index < -0.39 is 6.10 Å². The normalized spacial score (nSPS) is 21.1. The summed E-state index contributed by atoms with van der Waals surface area (Å²) in [5.41, 5.74) is 3.27. The Bertz CT molecular complexity index is 864. The van der Waals surface area contributed by atoms with Crippen molar-refractivity contribution in [2.45, 2.75) is 44.8 Å². The molecule has 2 aliphatic rings. The lowest BCUT2D eigenvalue weighted by atomic mass is 9.87. The van der Waals surface area contributed by atoms with Crippen LogP contribution in [0.4, 0.5) is 5.69 Å². The second kappa shape index (κ2) is 7.43. The number of anilines is 1. The van der Waals surface area contributed by atoms with Gasteiger partial charge in [-0.25, -0.2) is 0 Å². The zero-order valence-electron chi connectivity index (χ0n) is 15.5. The number of nitrogens with zero attached hydrogens (tertiary/aromatic N) is 1. The molecule has 1 N–H and O–H groups in total. The van der Waals surface area contributed by atoms with Crippen molar-refractivity contribution in [3.63, 3.8) is 0 Å². The van der Waals surface area contributed by atoms with Crippen LogP contribution in [0.5, 0.6) is 5.75 Å². The van der Waals surface area contributed by atoms with Crippen LogP contribution in [0.3, 0.4) is 0 Å². The van der Waals surface area contributed by atoms with Gasteiger partial charge in [0.2, 0.25) is 5.91 Å². The number of aryl methyl sites for hydroxylation is 1. The van der Waals surface area contributed by atoms with Crippen molar-refractivity contribution in [1.29, 1.82) is 0 Å². The molecule has 140 valence electrons. The number of carbonyl (C=O) groups excluding carboxylic acids is 2. The highest BCUT2D eigenvalue weighted by molar-refractivity contribution is 6.00. The second-order valence-corrected chi connectivity index (χ2v) is 7.18. The van der Waals surface area contributed by atoms with Crippen molar-refractivity contribution < 1.29 is 14.3 Å². The molecular formula is C22H24N2O3. The highest BCUT2D eigenvalue weighted by atomic mass is 16.5. The maximum absolute atomic E-state index is 12.6. The van der Waals surface area contributed by atoms with Crippen molar-refractivity contribution in [2.75, 3.05) is 11.4 Å². The molecule has 0 fully saturated rings. The van der Waals surface area contributed by atoms with Crippen LogP contribution >= 0.6 is 0 Å². The first kappa shape index (κ1) is 17.6. The molecule has 1 aliphatic carbocycles. The van der Waals surface area contributed by atoms with Crippen molar-refractivity contribution in [3.8, 4) is 5.75 Å². The Morgan fingerprint density at radius 3 is 2.85 bits per heavy atom.